The van der Waals surface area contributed by atoms with E-state index in [-0.39, 0.29) is 4.90 Å². The molecule has 0 unspecified atom stereocenters. The predicted molar refractivity (Wildman–Crippen MR) is 85.8 cm³/mol. The molecule has 0 aliphatic rings. The zero-order valence-electron chi connectivity index (χ0n) is 11.3. The molecule has 5 nitrogen and oxygen atoms in total. The largest absolute Gasteiger partial charge is 0.277 e. The lowest BCUT2D eigenvalue weighted by Crippen LogP contribution is -2.11. The monoisotopic (exact) mass is 333 g/mol. The van der Waals surface area contributed by atoms with Gasteiger partial charge in [0.2, 0.25) is 10.0 Å². The van der Waals surface area contributed by atoms with Gasteiger partial charge in [-0.15, -0.1) is 0 Å². The third-order valence-electron chi connectivity index (χ3n) is 3.27. The Balaban J connectivity index is 2.03. The van der Waals surface area contributed by atoms with Crippen molar-refractivity contribution >= 4 is 21.6 Å². The standard InChI is InChI=1S/C15H12ClN3O2S/c16-12-5-1-11(2-6-12)15-14(9-18-19-15)10-3-7-13(8-4-10)22(17,20)21/h1-9H,(H,18,19)(H2,17,20,21). The van der Waals surface area contributed by atoms with Crippen molar-refractivity contribution in [2.24, 2.45) is 5.14 Å². The first-order chi connectivity index (χ1) is 10.4. The summed E-state index contributed by atoms with van der Waals surface area (Å²) in [6.07, 6.45) is 1.69. The lowest BCUT2D eigenvalue weighted by Gasteiger charge is -2.05. The van der Waals surface area contributed by atoms with E-state index in [1.54, 1.807) is 30.5 Å². The molecule has 0 atom stereocenters. The summed E-state index contributed by atoms with van der Waals surface area (Å²) in [5.41, 5.74) is 3.47. The number of hydrogen-bond acceptors (Lipinski definition) is 3. The van der Waals surface area contributed by atoms with Gasteiger partial charge >= 0.3 is 0 Å². The number of hydrogen-bond donors (Lipinski definition) is 2. The van der Waals surface area contributed by atoms with E-state index >= 15 is 0 Å². The Morgan fingerprint density at radius 1 is 0.955 bits per heavy atom. The fraction of sp³-hybridized carbons (Fsp3) is 0. The molecular weight excluding hydrogens is 322 g/mol. The molecule has 0 amide bonds. The van der Waals surface area contributed by atoms with Gasteiger partial charge < -0.3 is 0 Å². The summed E-state index contributed by atoms with van der Waals surface area (Å²) in [5.74, 6) is 0. The van der Waals surface area contributed by atoms with Gasteiger partial charge in [0.25, 0.3) is 0 Å². The van der Waals surface area contributed by atoms with Crippen LogP contribution in [0.4, 0.5) is 0 Å². The van der Waals surface area contributed by atoms with E-state index in [2.05, 4.69) is 10.2 Å². The fourth-order valence-electron chi connectivity index (χ4n) is 2.17. The van der Waals surface area contributed by atoms with Gasteiger partial charge in [-0.3, -0.25) is 5.10 Å². The second-order valence-electron chi connectivity index (χ2n) is 4.73. The van der Waals surface area contributed by atoms with Gasteiger partial charge in [-0.2, -0.15) is 5.10 Å². The van der Waals surface area contributed by atoms with Crippen LogP contribution in [-0.2, 0) is 10.0 Å². The van der Waals surface area contributed by atoms with E-state index in [1.165, 1.54) is 12.1 Å². The van der Waals surface area contributed by atoms with E-state index in [0.717, 1.165) is 22.4 Å². The Morgan fingerprint density at radius 2 is 1.55 bits per heavy atom. The molecule has 0 aliphatic heterocycles. The maximum Gasteiger partial charge on any atom is 0.238 e. The molecule has 0 saturated carbocycles. The number of aromatic nitrogens is 2. The van der Waals surface area contributed by atoms with Crippen LogP contribution in [-0.4, -0.2) is 18.6 Å². The van der Waals surface area contributed by atoms with E-state index in [0.29, 0.717) is 5.02 Å². The van der Waals surface area contributed by atoms with Gasteiger partial charge in [-0.1, -0.05) is 35.9 Å². The molecular formula is C15H12ClN3O2S. The average molecular weight is 334 g/mol. The first-order valence-electron chi connectivity index (χ1n) is 6.38. The molecule has 7 heteroatoms. The third-order valence-corrected chi connectivity index (χ3v) is 4.45. The molecule has 0 radical (unpaired) electrons. The Kier molecular flexibility index (Phi) is 3.74. The van der Waals surface area contributed by atoms with Crippen molar-refractivity contribution in [1.29, 1.82) is 0 Å². The van der Waals surface area contributed by atoms with Gasteiger partial charge in [-0.05, 0) is 29.8 Å². The first kappa shape index (κ1) is 14.8. The van der Waals surface area contributed by atoms with Gasteiger partial charge in [0.1, 0.15) is 0 Å². The van der Waals surface area contributed by atoms with Crippen molar-refractivity contribution in [2.75, 3.05) is 0 Å². The van der Waals surface area contributed by atoms with E-state index < -0.39 is 10.0 Å². The van der Waals surface area contributed by atoms with Crippen LogP contribution in [0.1, 0.15) is 0 Å². The Bertz CT molecular complexity index is 901. The van der Waals surface area contributed by atoms with E-state index in [1.807, 2.05) is 12.1 Å². The lowest BCUT2D eigenvalue weighted by molar-refractivity contribution is 0.598. The summed E-state index contributed by atoms with van der Waals surface area (Å²) in [4.78, 5) is 0.0767. The summed E-state index contributed by atoms with van der Waals surface area (Å²) >= 11 is 5.90. The minimum Gasteiger partial charge on any atom is -0.277 e. The van der Waals surface area contributed by atoms with E-state index in [9.17, 15) is 8.42 Å². The Labute approximate surface area is 132 Å². The predicted octanol–water partition coefficient (Wildman–Crippen LogP) is 3.04. The van der Waals surface area contributed by atoms with Gasteiger partial charge in [0.05, 0.1) is 16.8 Å². The number of rotatable bonds is 3. The third kappa shape index (κ3) is 2.89. The molecule has 0 aliphatic carbocycles. The van der Waals surface area contributed by atoms with Crippen molar-refractivity contribution in [3.63, 3.8) is 0 Å². The number of benzene rings is 2. The molecule has 3 N–H and O–H groups in total. The Hall–Kier alpha value is -2.15. The molecule has 3 aromatic rings. The van der Waals surface area contributed by atoms with Crippen molar-refractivity contribution in [1.82, 2.24) is 10.2 Å². The fourth-order valence-corrected chi connectivity index (χ4v) is 2.81. The van der Waals surface area contributed by atoms with Crippen LogP contribution in [0.15, 0.2) is 59.6 Å². The molecule has 1 heterocycles. The molecule has 22 heavy (non-hydrogen) atoms. The second kappa shape index (κ2) is 5.57. The first-order valence-corrected chi connectivity index (χ1v) is 8.30. The quantitative estimate of drug-likeness (QED) is 0.772. The molecule has 2 aromatic carbocycles. The highest BCUT2D eigenvalue weighted by Gasteiger charge is 2.12. The number of H-pyrrole nitrogens is 1. The zero-order chi connectivity index (χ0) is 15.7. The summed E-state index contributed by atoms with van der Waals surface area (Å²) in [7, 11) is -3.69. The second-order valence-corrected chi connectivity index (χ2v) is 6.73. The highest BCUT2D eigenvalue weighted by molar-refractivity contribution is 7.89. The minimum atomic E-state index is -3.69. The van der Waals surface area contributed by atoms with Crippen LogP contribution in [0.2, 0.25) is 5.02 Å². The van der Waals surface area contributed by atoms with E-state index in [4.69, 9.17) is 16.7 Å². The number of primary sulfonamides is 1. The molecule has 0 saturated heterocycles. The summed E-state index contributed by atoms with van der Waals surface area (Å²) < 4.78 is 22.6. The number of nitrogens with two attached hydrogens (primary N) is 1. The molecule has 0 fully saturated rings. The number of nitrogens with one attached hydrogen (secondary N) is 1. The molecule has 0 bridgehead atoms. The van der Waals surface area contributed by atoms with Crippen LogP contribution in [0.5, 0.6) is 0 Å². The maximum atomic E-state index is 11.3. The summed E-state index contributed by atoms with van der Waals surface area (Å²) in [6.45, 7) is 0. The molecule has 112 valence electrons. The van der Waals surface area contributed by atoms with Crippen LogP contribution in [0, 0.1) is 0 Å². The maximum absolute atomic E-state index is 11.3. The van der Waals surface area contributed by atoms with Gasteiger partial charge in [-0.25, -0.2) is 13.6 Å². The smallest absolute Gasteiger partial charge is 0.238 e. The van der Waals surface area contributed by atoms with Crippen LogP contribution in [0.3, 0.4) is 0 Å². The average Bonchev–Trinajstić information content (AvgIpc) is 2.97. The minimum absolute atomic E-state index is 0.0767. The highest BCUT2D eigenvalue weighted by Crippen LogP contribution is 2.31. The Morgan fingerprint density at radius 3 is 2.14 bits per heavy atom. The highest BCUT2D eigenvalue weighted by atomic mass is 35.5. The van der Waals surface area contributed by atoms with Gasteiger partial charge in [0.15, 0.2) is 0 Å². The topological polar surface area (TPSA) is 88.8 Å². The van der Waals surface area contributed by atoms with Gasteiger partial charge in [0, 0.05) is 16.1 Å². The molecule has 1 aromatic heterocycles. The normalized spacial score (nSPS) is 11.5. The number of aromatic amines is 1. The van der Waals surface area contributed by atoms with Crippen LogP contribution in [0.25, 0.3) is 22.4 Å². The summed E-state index contributed by atoms with van der Waals surface area (Å²) in [5, 5.41) is 12.8. The number of sulfonamides is 1. The SMILES string of the molecule is NS(=O)(=O)c1ccc(-c2cn[nH]c2-c2ccc(Cl)cc2)cc1. The van der Waals surface area contributed by atoms with Crippen molar-refractivity contribution in [3.05, 3.63) is 59.8 Å². The molecule has 3 rings (SSSR count). The van der Waals surface area contributed by atoms with Crippen LogP contribution < -0.4 is 5.14 Å². The van der Waals surface area contributed by atoms with Crippen molar-refractivity contribution in [3.8, 4) is 22.4 Å². The van der Waals surface area contributed by atoms with Crippen molar-refractivity contribution < 1.29 is 8.42 Å². The number of nitrogens with zero attached hydrogens (tertiary/aromatic N) is 1. The zero-order valence-corrected chi connectivity index (χ0v) is 12.9. The molecule has 0 spiro atoms. The lowest BCUT2D eigenvalue weighted by atomic mass is 10.0. The number of halogens is 1. The van der Waals surface area contributed by atoms with Crippen LogP contribution >= 0.6 is 11.6 Å². The van der Waals surface area contributed by atoms with Crippen molar-refractivity contribution in [2.45, 2.75) is 4.90 Å². The summed E-state index contributed by atoms with van der Waals surface area (Å²) in [6, 6.07) is 13.7.